The summed E-state index contributed by atoms with van der Waals surface area (Å²) in [5.41, 5.74) is 0. The maximum Gasteiger partial charge on any atom is 0.0583 e. The van der Waals surface area contributed by atoms with Gasteiger partial charge in [0.15, 0.2) is 0 Å². The molecule has 0 spiro atoms. The summed E-state index contributed by atoms with van der Waals surface area (Å²) in [4.78, 5) is 2.84. The molecule has 3 rings (SSSR count). The Hall–Kier alpha value is -0.0800. The van der Waals surface area contributed by atoms with E-state index in [0.717, 1.165) is 18.4 Å². The Labute approximate surface area is 124 Å². The van der Waals surface area contributed by atoms with Crippen LogP contribution >= 0.6 is 0 Å². The predicted molar refractivity (Wildman–Crippen MR) is 83.7 cm³/mol. The fourth-order valence-electron chi connectivity index (χ4n) is 5.20. The van der Waals surface area contributed by atoms with Crippen LogP contribution in [0.5, 0.6) is 0 Å². The summed E-state index contributed by atoms with van der Waals surface area (Å²) in [6, 6.07) is 1.53. The van der Waals surface area contributed by atoms with Crippen LogP contribution in [0.2, 0.25) is 0 Å². The summed E-state index contributed by atoms with van der Waals surface area (Å²) in [7, 11) is 0. The summed E-state index contributed by atoms with van der Waals surface area (Å²) >= 11 is 0. The number of piperidine rings is 1. The fraction of sp³-hybridized carbons (Fsp3) is 1.00. The molecule has 0 bridgehead atoms. The van der Waals surface area contributed by atoms with Crippen LogP contribution in [0.25, 0.3) is 0 Å². The third-order valence-corrected chi connectivity index (χ3v) is 6.48. The lowest BCUT2D eigenvalue weighted by atomic mass is 9.80. The summed E-state index contributed by atoms with van der Waals surface area (Å²) in [6.07, 6.45) is 14.8. The summed E-state index contributed by atoms with van der Waals surface area (Å²) in [5, 5.41) is 10.3. The van der Waals surface area contributed by atoms with Crippen molar-refractivity contribution in [2.45, 2.75) is 95.7 Å². The first kappa shape index (κ1) is 14.8. The van der Waals surface area contributed by atoms with E-state index in [9.17, 15) is 5.11 Å². The second-order valence-corrected chi connectivity index (χ2v) is 7.55. The zero-order valence-electron chi connectivity index (χ0n) is 13.3. The first-order valence-corrected chi connectivity index (χ1v) is 9.23. The van der Waals surface area contributed by atoms with E-state index in [-0.39, 0.29) is 6.10 Å². The minimum atomic E-state index is -0.00687. The molecule has 20 heavy (non-hydrogen) atoms. The standard InChI is InChI=1S/C18H33NO/c1-2-14-9-11-15(12-10-14)19-13-4-3-7-17(19)16-6-5-8-18(16)20/h14-18,20H,2-13H2,1H3. The topological polar surface area (TPSA) is 23.5 Å². The Bertz CT molecular complexity index is 298. The Kier molecular flexibility index (Phi) is 5.04. The third kappa shape index (κ3) is 3.06. The van der Waals surface area contributed by atoms with Crippen LogP contribution in [0.4, 0.5) is 0 Å². The van der Waals surface area contributed by atoms with Gasteiger partial charge < -0.3 is 5.11 Å². The molecule has 3 fully saturated rings. The van der Waals surface area contributed by atoms with E-state index < -0.39 is 0 Å². The van der Waals surface area contributed by atoms with Crippen LogP contribution in [0.15, 0.2) is 0 Å². The number of likely N-dealkylation sites (tertiary alicyclic amines) is 1. The molecule has 0 amide bonds. The molecule has 1 heterocycles. The molecule has 2 heteroatoms. The highest BCUT2D eigenvalue weighted by Gasteiger charge is 2.39. The van der Waals surface area contributed by atoms with Gasteiger partial charge in [0.2, 0.25) is 0 Å². The van der Waals surface area contributed by atoms with Crippen LogP contribution in [-0.4, -0.2) is 34.7 Å². The van der Waals surface area contributed by atoms with Crippen molar-refractivity contribution in [3.05, 3.63) is 0 Å². The van der Waals surface area contributed by atoms with Crippen molar-refractivity contribution in [2.75, 3.05) is 6.54 Å². The van der Waals surface area contributed by atoms with Gasteiger partial charge in [-0.05, 0) is 63.8 Å². The molecule has 0 aromatic heterocycles. The number of hydrogen-bond acceptors (Lipinski definition) is 2. The Morgan fingerprint density at radius 2 is 1.70 bits per heavy atom. The van der Waals surface area contributed by atoms with E-state index in [4.69, 9.17) is 0 Å². The molecule has 0 aromatic rings. The quantitative estimate of drug-likeness (QED) is 0.845. The van der Waals surface area contributed by atoms with Crippen molar-refractivity contribution in [3.63, 3.8) is 0 Å². The smallest absolute Gasteiger partial charge is 0.0583 e. The molecule has 0 radical (unpaired) electrons. The van der Waals surface area contributed by atoms with Crippen LogP contribution < -0.4 is 0 Å². The first-order chi connectivity index (χ1) is 9.79. The monoisotopic (exact) mass is 279 g/mol. The normalized spacial score (nSPS) is 43.8. The van der Waals surface area contributed by atoms with E-state index in [2.05, 4.69) is 11.8 Å². The molecule has 3 unspecified atom stereocenters. The van der Waals surface area contributed by atoms with Crippen molar-refractivity contribution in [1.29, 1.82) is 0 Å². The molecular formula is C18H33NO. The summed E-state index contributed by atoms with van der Waals surface area (Å²) < 4.78 is 0. The highest BCUT2D eigenvalue weighted by molar-refractivity contribution is 4.93. The number of nitrogens with zero attached hydrogens (tertiary/aromatic N) is 1. The molecule has 1 aliphatic heterocycles. The highest BCUT2D eigenvalue weighted by atomic mass is 16.3. The van der Waals surface area contributed by atoms with Gasteiger partial charge in [-0.25, -0.2) is 0 Å². The van der Waals surface area contributed by atoms with Gasteiger partial charge in [0.25, 0.3) is 0 Å². The molecule has 0 aromatic carbocycles. The maximum atomic E-state index is 10.3. The largest absolute Gasteiger partial charge is 0.393 e. The van der Waals surface area contributed by atoms with Gasteiger partial charge >= 0.3 is 0 Å². The van der Waals surface area contributed by atoms with Crippen LogP contribution in [0.3, 0.4) is 0 Å². The van der Waals surface area contributed by atoms with Crippen molar-refractivity contribution >= 4 is 0 Å². The van der Waals surface area contributed by atoms with E-state index >= 15 is 0 Å². The zero-order valence-corrected chi connectivity index (χ0v) is 13.3. The van der Waals surface area contributed by atoms with Gasteiger partial charge in [0.1, 0.15) is 0 Å². The number of hydrogen-bond donors (Lipinski definition) is 1. The van der Waals surface area contributed by atoms with Gasteiger partial charge in [-0.3, -0.25) is 4.90 Å². The van der Waals surface area contributed by atoms with Crippen molar-refractivity contribution < 1.29 is 5.11 Å². The van der Waals surface area contributed by atoms with Crippen LogP contribution in [0.1, 0.15) is 77.6 Å². The molecule has 1 N–H and O–H groups in total. The van der Waals surface area contributed by atoms with E-state index in [1.807, 2.05) is 0 Å². The molecule has 3 atom stereocenters. The van der Waals surface area contributed by atoms with Gasteiger partial charge in [-0.1, -0.05) is 26.2 Å². The van der Waals surface area contributed by atoms with Crippen molar-refractivity contribution in [2.24, 2.45) is 11.8 Å². The lowest BCUT2D eigenvalue weighted by molar-refractivity contribution is -0.00208. The number of aliphatic hydroxyl groups excluding tert-OH is 1. The number of aliphatic hydroxyl groups is 1. The second kappa shape index (κ2) is 6.79. The first-order valence-electron chi connectivity index (χ1n) is 9.23. The molecule has 2 aliphatic carbocycles. The Balaban J connectivity index is 1.63. The van der Waals surface area contributed by atoms with E-state index in [0.29, 0.717) is 12.0 Å². The molecule has 3 aliphatic rings. The van der Waals surface area contributed by atoms with Gasteiger partial charge in [0.05, 0.1) is 6.10 Å². The lowest BCUT2D eigenvalue weighted by Crippen LogP contribution is -2.52. The average molecular weight is 279 g/mol. The Morgan fingerprint density at radius 1 is 0.900 bits per heavy atom. The molecule has 2 saturated carbocycles. The maximum absolute atomic E-state index is 10.3. The van der Waals surface area contributed by atoms with Crippen LogP contribution in [0, 0.1) is 11.8 Å². The van der Waals surface area contributed by atoms with Gasteiger partial charge in [-0.15, -0.1) is 0 Å². The molecular weight excluding hydrogens is 246 g/mol. The Morgan fingerprint density at radius 3 is 2.35 bits per heavy atom. The highest BCUT2D eigenvalue weighted by Crippen LogP contribution is 2.39. The molecule has 1 saturated heterocycles. The van der Waals surface area contributed by atoms with Gasteiger partial charge in [-0.2, -0.15) is 0 Å². The third-order valence-electron chi connectivity index (χ3n) is 6.48. The molecule has 2 nitrogen and oxygen atoms in total. The number of rotatable bonds is 3. The van der Waals surface area contributed by atoms with Crippen LogP contribution in [-0.2, 0) is 0 Å². The summed E-state index contributed by atoms with van der Waals surface area (Å²) in [6.45, 7) is 3.65. The van der Waals surface area contributed by atoms with Gasteiger partial charge in [0, 0.05) is 18.0 Å². The fourth-order valence-corrected chi connectivity index (χ4v) is 5.20. The summed E-state index contributed by atoms with van der Waals surface area (Å²) in [5.74, 6) is 1.57. The van der Waals surface area contributed by atoms with E-state index in [1.165, 1.54) is 70.8 Å². The lowest BCUT2D eigenvalue weighted by Gasteiger charge is -2.46. The SMILES string of the molecule is CCC1CCC(N2CCCCC2C2CCCC2O)CC1. The predicted octanol–water partition coefficient (Wildman–Crippen LogP) is 3.97. The molecule has 116 valence electrons. The van der Waals surface area contributed by atoms with Crippen molar-refractivity contribution in [1.82, 2.24) is 4.90 Å². The zero-order chi connectivity index (χ0) is 13.9. The van der Waals surface area contributed by atoms with Crippen molar-refractivity contribution in [3.8, 4) is 0 Å². The second-order valence-electron chi connectivity index (χ2n) is 7.55. The van der Waals surface area contributed by atoms with E-state index in [1.54, 1.807) is 0 Å². The minimum absolute atomic E-state index is 0.00687. The minimum Gasteiger partial charge on any atom is -0.393 e. The average Bonchev–Trinajstić information content (AvgIpc) is 2.93.